The van der Waals surface area contributed by atoms with Gasteiger partial charge in [-0.15, -0.1) is 0 Å². The number of allylic oxidation sites excluding steroid dienone is 1. The zero-order valence-electron chi connectivity index (χ0n) is 20.7. The van der Waals surface area contributed by atoms with Crippen molar-refractivity contribution in [1.82, 2.24) is 0 Å². The summed E-state index contributed by atoms with van der Waals surface area (Å²) in [6, 6.07) is 0. The van der Waals surface area contributed by atoms with Crippen LogP contribution >= 0.6 is 0 Å². The molecule has 0 heterocycles. The Morgan fingerprint density at radius 1 is 1.00 bits per heavy atom. The highest BCUT2D eigenvalue weighted by Gasteiger charge is 2.67. The quantitative estimate of drug-likeness (QED) is 0.487. The van der Waals surface area contributed by atoms with Crippen molar-refractivity contribution < 1.29 is 15.3 Å². The normalized spacial score (nSPS) is 51.4. The summed E-state index contributed by atoms with van der Waals surface area (Å²) in [5.41, 5.74) is 0.282. The first-order chi connectivity index (χ1) is 14.4. The molecule has 3 N–H and O–H groups in total. The molecule has 0 aromatic rings. The highest BCUT2D eigenvalue weighted by atomic mass is 16.3. The van der Waals surface area contributed by atoms with Crippen LogP contribution in [0.1, 0.15) is 98.8 Å². The second-order valence-electron chi connectivity index (χ2n) is 12.9. The number of hydrogen-bond acceptors (Lipinski definition) is 3. The van der Waals surface area contributed by atoms with Gasteiger partial charge in [0.2, 0.25) is 0 Å². The molecule has 0 saturated heterocycles. The van der Waals surface area contributed by atoms with Gasteiger partial charge in [0, 0.05) is 11.8 Å². The third-order valence-corrected chi connectivity index (χ3v) is 11.5. The molecule has 0 unspecified atom stereocenters. The van der Waals surface area contributed by atoms with Crippen LogP contribution in [-0.2, 0) is 0 Å². The van der Waals surface area contributed by atoms with Gasteiger partial charge >= 0.3 is 0 Å². The second-order valence-corrected chi connectivity index (χ2v) is 12.9. The van der Waals surface area contributed by atoms with E-state index in [4.69, 9.17) is 0 Å². The molecule has 11 atom stereocenters. The topological polar surface area (TPSA) is 60.7 Å². The van der Waals surface area contributed by atoms with E-state index in [0.29, 0.717) is 35.5 Å². The highest BCUT2D eigenvalue weighted by molar-refractivity contribution is 5.17. The Morgan fingerprint density at radius 3 is 2.39 bits per heavy atom. The largest absolute Gasteiger partial charge is 0.393 e. The molecule has 3 nitrogen and oxygen atoms in total. The molecule has 0 aliphatic heterocycles. The van der Waals surface area contributed by atoms with Gasteiger partial charge in [0.1, 0.15) is 0 Å². The Bertz CT molecular complexity index is 690. The van der Waals surface area contributed by atoms with Gasteiger partial charge < -0.3 is 15.3 Å². The fourth-order valence-electron chi connectivity index (χ4n) is 9.20. The zero-order valence-corrected chi connectivity index (χ0v) is 20.7. The van der Waals surface area contributed by atoms with E-state index in [9.17, 15) is 15.3 Å². The van der Waals surface area contributed by atoms with E-state index in [1.165, 1.54) is 44.1 Å². The van der Waals surface area contributed by atoms with Crippen LogP contribution in [0, 0.1) is 46.3 Å². The van der Waals surface area contributed by atoms with E-state index < -0.39 is 17.8 Å². The number of aliphatic hydroxyl groups excluding tert-OH is 2. The van der Waals surface area contributed by atoms with Gasteiger partial charge in [0.25, 0.3) is 0 Å². The summed E-state index contributed by atoms with van der Waals surface area (Å²) < 4.78 is 0. The van der Waals surface area contributed by atoms with Gasteiger partial charge in [-0.3, -0.25) is 0 Å². The maximum absolute atomic E-state index is 11.6. The van der Waals surface area contributed by atoms with E-state index >= 15 is 0 Å². The van der Waals surface area contributed by atoms with E-state index in [-0.39, 0.29) is 5.41 Å². The number of fused-ring (bicyclic) bond motifs is 5. The predicted molar refractivity (Wildman–Crippen MR) is 126 cm³/mol. The minimum Gasteiger partial charge on any atom is -0.393 e. The second kappa shape index (κ2) is 8.13. The molecule has 3 heteroatoms. The smallest absolute Gasteiger partial charge is 0.0985 e. The molecule has 0 aromatic carbocycles. The lowest BCUT2D eigenvalue weighted by Crippen LogP contribution is -2.68. The van der Waals surface area contributed by atoms with Gasteiger partial charge in [0.05, 0.1) is 17.8 Å². The Kier molecular flexibility index (Phi) is 6.24. The first kappa shape index (κ1) is 23.8. The summed E-state index contributed by atoms with van der Waals surface area (Å²) >= 11 is 0. The fraction of sp³-hybridized carbons (Fsp3) is 0.929. The van der Waals surface area contributed by atoms with Gasteiger partial charge in [-0.2, -0.15) is 0 Å². The Balaban J connectivity index is 1.53. The van der Waals surface area contributed by atoms with E-state index in [1.807, 2.05) is 0 Å². The molecule has 0 aromatic heterocycles. The third-order valence-electron chi connectivity index (χ3n) is 11.5. The van der Waals surface area contributed by atoms with Crippen molar-refractivity contribution in [3.8, 4) is 0 Å². The molecule has 4 aliphatic rings. The maximum atomic E-state index is 11.6. The average Bonchev–Trinajstić information content (AvgIpc) is 3.05. The van der Waals surface area contributed by atoms with Crippen LogP contribution in [0.4, 0.5) is 0 Å². The Hall–Kier alpha value is -0.380. The monoisotopic (exact) mass is 432 g/mol. The van der Waals surface area contributed by atoms with Crippen LogP contribution in [0.15, 0.2) is 12.2 Å². The molecular formula is C28H48O3. The first-order valence-corrected chi connectivity index (χ1v) is 13.2. The minimum absolute atomic E-state index is 0.267. The molecule has 4 rings (SSSR count). The van der Waals surface area contributed by atoms with E-state index in [1.54, 1.807) is 0 Å². The van der Waals surface area contributed by atoms with Crippen LogP contribution in [-0.4, -0.2) is 33.1 Å². The zero-order chi connectivity index (χ0) is 22.8. The van der Waals surface area contributed by atoms with Gasteiger partial charge in [0.15, 0.2) is 0 Å². The van der Waals surface area contributed by atoms with Crippen molar-refractivity contribution in [2.75, 3.05) is 0 Å². The summed E-state index contributed by atoms with van der Waals surface area (Å²) in [5.74, 6) is 3.77. The summed E-state index contributed by atoms with van der Waals surface area (Å²) in [7, 11) is 0. The summed E-state index contributed by atoms with van der Waals surface area (Å²) in [5, 5.41) is 33.1. The molecule has 0 bridgehead atoms. The van der Waals surface area contributed by atoms with E-state index in [2.05, 4.69) is 41.2 Å². The molecule has 0 amide bonds. The van der Waals surface area contributed by atoms with Crippen LogP contribution in [0.25, 0.3) is 0 Å². The van der Waals surface area contributed by atoms with Crippen molar-refractivity contribution in [2.45, 2.75) is 117 Å². The number of rotatable bonds is 5. The summed E-state index contributed by atoms with van der Waals surface area (Å²) in [6.45, 7) is 15.9. The Labute approximate surface area is 190 Å². The first-order valence-electron chi connectivity index (χ1n) is 13.2. The SMILES string of the molecule is C=C(C)[C@@H](C)CC[C@@H](C)[C@H]1CC[C@H]2[C@@H]3C[C@@H](O)[C@@]4(O)C[C@@H](O)CC[C@]4(C)[C@H]3CC[C@]12C. The number of hydrogen-bond donors (Lipinski definition) is 3. The molecule has 4 fully saturated rings. The standard InChI is InChI=1S/C28H48O3/c1-17(2)18(3)7-8-19(4)22-9-10-23-21-15-25(30)28(31)16-20(29)11-14-27(28,6)24(21)12-13-26(22,23)5/h18-25,29-31H,1,7-16H2,2-6H3/t18-,19+,20-,21-,22+,23-,24-,25+,26+,27+,28-/m0/s1. The predicted octanol–water partition coefficient (Wildman–Crippen LogP) is 5.72. The van der Waals surface area contributed by atoms with Crippen LogP contribution in [0.2, 0.25) is 0 Å². The van der Waals surface area contributed by atoms with E-state index in [0.717, 1.165) is 31.1 Å². The lowest BCUT2D eigenvalue weighted by molar-refractivity contribution is -0.264. The minimum atomic E-state index is -1.12. The molecule has 0 spiro atoms. The van der Waals surface area contributed by atoms with Gasteiger partial charge in [-0.25, -0.2) is 0 Å². The summed E-state index contributed by atoms with van der Waals surface area (Å²) in [4.78, 5) is 0. The van der Waals surface area contributed by atoms with Crippen molar-refractivity contribution in [3.63, 3.8) is 0 Å². The molecule has 31 heavy (non-hydrogen) atoms. The van der Waals surface area contributed by atoms with Crippen molar-refractivity contribution in [2.24, 2.45) is 46.3 Å². The average molecular weight is 433 g/mol. The molecule has 4 saturated carbocycles. The molecule has 0 radical (unpaired) electrons. The van der Waals surface area contributed by atoms with Crippen molar-refractivity contribution in [3.05, 3.63) is 12.2 Å². The van der Waals surface area contributed by atoms with Crippen LogP contribution in [0.3, 0.4) is 0 Å². The summed E-state index contributed by atoms with van der Waals surface area (Å²) in [6.07, 6.45) is 9.05. The highest BCUT2D eigenvalue weighted by Crippen LogP contribution is 2.69. The molecule has 4 aliphatic carbocycles. The molecular weight excluding hydrogens is 384 g/mol. The van der Waals surface area contributed by atoms with Crippen molar-refractivity contribution in [1.29, 1.82) is 0 Å². The third kappa shape index (κ3) is 3.56. The van der Waals surface area contributed by atoms with Gasteiger partial charge in [-0.1, -0.05) is 39.8 Å². The maximum Gasteiger partial charge on any atom is 0.0985 e. The molecule has 178 valence electrons. The van der Waals surface area contributed by atoms with Crippen LogP contribution < -0.4 is 0 Å². The number of aliphatic hydroxyl groups is 3. The van der Waals surface area contributed by atoms with Gasteiger partial charge in [-0.05, 0) is 106 Å². The lowest BCUT2D eigenvalue weighted by atomic mass is 9.42. The Morgan fingerprint density at radius 2 is 1.71 bits per heavy atom. The van der Waals surface area contributed by atoms with Crippen LogP contribution in [0.5, 0.6) is 0 Å². The lowest BCUT2D eigenvalue weighted by Gasteiger charge is -2.65. The fourth-order valence-corrected chi connectivity index (χ4v) is 9.20. The van der Waals surface area contributed by atoms with Crippen molar-refractivity contribution >= 4 is 0 Å².